The van der Waals surface area contributed by atoms with Gasteiger partial charge < -0.3 is 10.6 Å². The van der Waals surface area contributed by atoms with Crippen LogP contribution >= 0.6 is 0 Å². The maximum Gasteiger partial charge on any atom is 0.229 e. The van der Waals surface area contributed by atoms with E-state index in [-0.39, 0.29) is 0 Å². The van der Waals surface area contributed by atoms with Gasteiger partial charge in [-0.2, -0.15) is 0 Å². The molecule has 0 radical (unpaired) electrons. The third-order valence-corrected chi connectivity index (χ3v) is 5.33. The number of hydrogen-bond donors (Lipinski definition) is 3. The first-order valence-corrected chi connectivity index (χ1v) is 9.98. The monoisotopic (exact) mass is 323 g/mol. The maximum absolute atomic E-state index is 11.2. The summed E-state index contributed by atoms with van der Waals surface area (Å²) < 4.78 is 24.9. The highest BCUT2D eigenvalue weighted by molar-refractivity contribution is 7.92. The van der Waals surface area contributed by atoms with E-state index in [1.54, 1.807) is 12.1 Å². The van der Waals surface area contributed by atoms with Crippen molar-refractivity contribution in [2.75, 3.05) is 22.8 Å². The van der Waals surface area contributed by atoms with Crippen LogP contribution in [0.3, 0.4) is 0 Å². The summed E-state index contributed by atoms with van der Waals surface area (Å²) in [5.41, 5.74) is 1.67. The minimum Gasteiger partial charge on any atom is -0.382 e. The summed E-state index contributed by atoms with van der Waals surface area (Å²) in [6, 6.07) is 8.69. The number of rotatable bonds is 5. The molecule has 0 aromatic heterocycles. The van der Waals surface area contributed by atoms with Gasteiger partial charge in [-0.05, 0) is 62.4 Å². The normalized spacial score (nSPS) is 28.7. The molecule has 1 saturated carbocycles. The third-order valence-electron chi connectivity index (χ3n) is 4.72. The Morgan fingerprint density at radius 2 is 1.77 bits per heavy atom. The second kappa shape index (κ2) is 6.46. The topological polar surface area (TPSA) is 70.2 Å². The van der Waals surface area contributed by atoms with Gasteiger partial charge in [-0.25, -0.2) is 8.42 Å². The Labute approximate surface area is 132 Å². The van der Waals surface area contributed by atoms with Crippen LogP contribution in [0.4, 0.5) is 11.4 Å². The Balaban J connectivity index is 1.62. The lowest BCUT2D eigenvalue weighted by Gasteiger charge is -2.27. The number of sulfonamides is 1. The fraction of sp³-hybridized carbons (Fsp3) is 0.625. The molecule has 1 heterocycles. The van der Waals surface area contributed by atoms with Crippen LogP contribution in [0.15, 0.2) is 24.3 Å². The Morgan fingerprint density at radius 3 is 2.41 bits per heavy atom. The molecule has 0 spiro atoms. The van der Waals surface area contributed by atoms with E-state index < -0.39 is 10.0 Å². The second-order valence-corrected chi connectivity index (χ2v) is 8.25. The van der Waals surface area contributed by atoms with Crippen LogP contribution in [0.5, 0.6) is 0 Å². The summed E-state index contributed by atoms with van der Waals surface area (Å²) >= 11 is 0. The number of hydrogen-bond acceptors (Lipinski definition) is 4. The van der Waals surface area contributed by atoms with Crippen molar-refractivity contribution in [3.05, 3.63) is 24.3 Å². The van der Waals surface area contributed by atoms with Crippen LogP contribution < -0.4 is 15.4 Å². The van der Waals surface area contributed by atoms with E-state index in [0.717, 1.165) is 18.5 Å². The number of nitrogens with one attached hydrogen (secondary N) is 3. The molecule has 5 nitrogen and oxygen atoms in total. The van der Waals surface area contributed by atoms with Crippen molar-refractivity contribution in [2.24, 2.45) is 5.92 Å². The van der Waals surface area contributed by atoms with E-state index in [4.69, 9.17) is 0 Å². The van der Waals surface area contributed by atoms with Crippen LogP contribution in [-0.4, -0.2) is 33.3 Å². The molecule has 3 rings (SSSR count). The molecule has 22 heavy (non-hydrogen) atoms. The zero-order valence-electron chi connectivity index (χ0n) is 13.0. The van der Waals surface area contributed by atoms with Crippen LogP contribution in [0.2, 0.25) is 0 Å². The van der Waals surface area contributed by atoms with Crippen molar-refractivity contribution in [3.8, 4) is 0 Å². The average Bonchev–Trinajstić information content (AvgIpc) is 3.10. The minimum absolute atomic E-state index is 0.518. The highest BCUT2D eigenvalue weighted by atomic mass is 32.2. The summed E-state index contributed by atoms with van der Waals surface area (Å²) in [6.07, 6.45) is 7.54. The molecule has 0 bridgehead atoms. The lowest BCUT2D eigenvalue weighted by Crippen LogP contribution is -2.38. The van der Waals surface area contributed by atoms with Crippen molar-refractivity contribution >= 4 is 21.4 Å². The summed E-state index contributed by atoms with van der Waals surface area (Å²) in [5.74, 6) is 0.705. The van der Waals surface area contributed by atoms with E-state index in [1.165, 1.54) is 32.1 Å². The largest absolute Gasteiger partial charge is 0.382 e. The van der Waals surface area contributed by atoms with E-state index in [2.05, 4.69) is 15.4 Å². The van der Waals surface area contributed by atoms with Crippen LogP contribution in [-0.2, 0) is 10.0 Å². The van der Waals surface area contributed by atoms with Crippen molar-refractivity contribution in [1.82, 2.24) is 5.32 Å². The lowest BCUT2D eigenvalue weighted by molar-refractivity contribution is 0.376. The minimum atomic E-state index is -3.21. The summed E-state index contributed by atoms with van der Waals surface area (Å²) in [5, 5.41) is 7.27. The Hall–Kier alpha value is -1.27. The molecule has 0 amide bonds. The molecule has 3 unspecified atom stereocenters. The van der Waals surface area contributed by atoms with Crippen LogP contribution in [0.1, 0.15) is 32.1 Å². The first-order chi connectivity index (χ1) is 10.5. The fourth-order valence-electron chi connectivity index (χ4n) is 3.79. The van der Waals surface area contributed by atoms with Gasteiger partial charge in [0.05, 0.1) is 6.26 Å². The summed E-state index contributed by atoms with van der Waals surface area (Å²) in [7, 11) is -3.21. The van der Waals surface area contributed by atoms with Gasteiger partial charge in [0.15, 0.2) is 0 Å². The molecule has 1 aliphatic carbocycles. The average molecular weight is 323 g/mol. The predicted octanol–water partition coefficient (Wildman–Crippen LogP) is 2.39. The SMILES string of the molecule is CS(=O)(=O)Nc1ccc(NC2CCCC2C2CCCN2)cc1. The molecular formula is C16H25N3O2S. The van der Waals surface area contributed by atoms with Gasteiger partial charge in [0, 0.05) is 23.5 Å². The van der Waals surface area contributed by atoms with Crippen molar-refractivity contribution in [2.45, 2.75) is 44.2 Å². The lowest BCUT2D eigenvalue weighted by atomic mass is 9.93. The van der Waals surface area contributed by atoms with Gasteiger partial charge in [0.2, 0.25) is 10.0 Å². The standard InChI is InChI=1S/C16H25N3O2S/c1-22(20,21)19-13-9-7-12(8-10-13)18-16-5-2-4-14(16)15-6-3-11-17-15/h7-10,14-19H,2-6,11H2,1H3. The van der Waals surface area contributed by atoms with Crippen molar-refractivity contribution in [3.63, 3.8) is 0 Å². The molecule has 1 aromatic carbocycles. The quantitative estimate of drug-likeness (QED) is 0.778. The molecule has 1 aromatic rings. The van der Waals surface area contributed by atoms with E-state index >= 15 is 0 Å². The first-order valence-electron chi connectivity index (χ1n) is 8.09. The molecule has 3 N–H and O–H groups in total. The summed E-state index contributed by atoms with van der Waals surface area (Å²) in [4.78, 5) is 0. The molecule has 1 aliphatic heterocycles. The van der Waals surface area contributed by atoms with Gasteiger partial charge in [-0.3, -0.25) is 4.72 Å². The van der Waals surface area contributed by atoms with E-state index in [9.17, 15) is 8.42 Å². The van der Waals surface area contributed by atoms with E-state index in [0.29, 0.717) is 23.7 Å². The first kappa shape index (κ1) is 15.6. The van der Waals surface area contributed by atoms with Gasteiger partial charge in [-0.1, -0.05) is 6.42 Å². The van der Waals surface area contributed by atoms with Crippen molar-refractivity contribution < 1.29 is 8.42 Å². The van der Waals surface area contributed by atoms with Crippen LogP contribution in [0.25, 0.3) is 0 Å². The second-order valence-electron chi connectivity index (χ2n) is 6.50. The highest BCUT2D eigenvalue weighted by Gasteiger charge is 2.34. The molecule has 2 fully saturated rings. The molecular weight excluding hydrogens is 298 g/mol. The summed E-state index contributed by atoms with van der Waals surface area (Å²) in [6.45, 7) is 1.15. The Kier molecular flexibility index (Phi) is 4.59. The molecule has 2 aliphatic rings. The highest BCUT2D eigenvalue weighted by Crippen LogP contribution is 2.34. The van der Waals surface area contributed by atoms with Crippen molar-refractivity contribution in [1.29, 1.82) is 0 Å². The van der Waals surface area contributed by atoms with Gasteiger partial charge >= 0.3 is 0 Å². The van der Waals surface area contributed by atoms with Gasteiger partial charge in [-0.15, -0.1) is 0 Å². The molecule has 6 heteroatoms. The number of anilines is 2. The third kappa shape index (κ3) is 3.93. The Morgan fingerprint density at radius 1 is 1.05 bits per heavy atom. The molecule has 1 saturated heterocycles. The molecule has 122 valence electrons. The fourth-order valence-corrected chi connectivity index (χ4v) is 4.35. The van der Waals surface area contributed by atoms with Crippen LogP contribution in [0, 0.1) is 5.92 Å². The Bertz CT molecular complexity index is 594. The van der Waals surface area contributed by atoms with E-state index in [1.807, 2.05) is 12.1 Å². The van der Waals surface area contributed by atoms with Gasteiger partial charge in [0.1, 0.15) is 0 Å². The molecule has 3 atom stereocenters. The zero-order valence-corrected chi connectivity index (χ0v) is 13.8. The smallest absolute Gasteiger partial charge is 0.229 e. The van der Waals surface area contributed by atoms with Gasteiger partial charge in [0.25, 0.3) is 0 Å². The maximum atomic E-state index is 11.2. The number of benzene rings is 1. The predicted molar refractivity (Wildman–Crippen MR) is 90.7 cm³/mol. The zero-order chi connectivity index (χ0) is 15.6.